The maximum atomic E-state index is 11.2. The van der Waals surface area contributed by atoms with Crippen molar-refractivity contribution in [2.24, 2.45) is 0 Å². The molecular weight excluding hydrogens is 262 g/mol. The Hall–Kier alpha value is -1.73. The summed E-state index contributed by atoms with van der Waals surface area (Å²) in [6.07, 6.45) is 1.50. The fourth-order valence-corrected chi connectivity index (χ4v) is 1.47. The number of rotatable bonds is 9. The summed E-state index contributed by atoms with van der Waals surface area (Å²) >= 11 is 0. The van der Waals surface area contributed by atoms with E-state index in [4.69, 9.17) is 14.6 Å². The molecule has 0 aromatic carbocycles. The zero-order chi connectivity index (χ0) is 15.0. The minimum Gasteiger partial charge on any atom is -0.476 e. The molecule has 2 N–H and O–H groups in total. The molecular formula is C13H21N3O4. The molecule has 0 radical (unpaired) electrons. The number of nitrogens with one attached hydrogen (secondary N) is 1. The van der Waals surface area contributed by atoms with Crippen molar-refractivity contribution in [1.82, 2.24) is 9.97 Å². The lowest BCUT2D eigenvalue weighted by Crippen LogP contribution is -2.16. The van der Waals surface area contributed by atoms with Crippen LogP contribution in [0.5, 0.6) is 0 Å². The number of anilines is 1. The summed E-state index contributed by atoms with van der Waals surface area (Å²) in [5, 5.41) is 12.1. The van der Waals surface area contributed by atoms with Crippen molar-refractivity contribution in [1.29, 1.82) is 0 Å². The molecule has 0 saturated carbocycles. The zero-order valence-electron chi connectivity index (χ0n) is 12.0. The number of methoxy groups -OCH3 is 1. The van der Waals surface area contributed by atoms with Gasteiger partial charge in [-0.05, 0) is 0 Å². The average molecular weight is 283 g/mol. The Bertz CT molecular complexity index is 438. The molecule has 0 aliphatic rings. The SMILES string of the molecule is COCCOCCNc1cnc(C(C)C)nc1C(=O)O. The molecule has 0 bridgehead atoms. The second-order valence-corrected chi connectivity index (χ2v) is 4.48. The van der Waals surface area contributed by atoms with Gasteiger partial charge in [-0.2, -0.15) is 0 Å². The summed E-state index contributed by atoms with van der Waals surface area (Å²) in [6.45, 7) is 5.80. The first kappa shape index (κ1) is 16.3. The number of carboxylic acids is 1. The number of aromatic carboxylic acids is 1. The Morgan fingerprint density at radius 3 is 2.75 bits per heavy atom. The molecule has 0 aliphatic carbocycles. The highest BCUT2D eigenvalue weighted by atomic mass is 16.5. The van der Waals surface area contributed by atoms with Crippen LogP contribution in [-0.4, -0.2) is 54.5 Å². The maximum absolute atomic E-state index is 11.2. The van der Waals surface area contributed by atoms with Gasteiger partial charge in [-0.25, -0.2) is 14.8 Å². The third-order valence-corrected chi connectivity index (χ3v) is 2.52. The number of hydrogen-bond acceptors (Lipinski definition) is 6. The van der Waals surface area contributed by atoms with Crippen LogP contribution in [0.4, 0.5) is 5.69 Å². The molecule has 0 saturated heterocycles. The monoisotopic (exact) mass is 283 g/mol. The van der Waals surface area contributed by atoms with E-state index in [1.807, 2.05) is 13.8 Å². The molecule has 112 valence electrons. The van der Waals surface area contributed by atoms with Crippen LogP contribution in [0, 0.1) is 0 Å². The summed E-state index contributed by atoms with van der Waals surface area (Å²) in [5.74, 6) is -0.471. The molecule has 7 heteroatoms. The first-order chi connectivity index (χ1) is 9.56. The van der Waals surface area contributed by atoms with Crippen molar-refractivity contribution < 1.29 is 19.4 Å². The largest absolute Gasteiger partial charge is 0.476 e. The van der Waals surface area contributed by atoms with E-state index in [1.54, 1.807) is 7.11 Å². The molecule has 1 aromatic rings. The van der Waals surface area contributed by atoms with Crippen LogP contribution in [0.2, 0.25) is 0 Å². The predicted molar refractivity (Wildman–Crippen MR) is 74.3 cm³/mol. The van der Waals surface area contributed by atoms with Crippen LogP contribution < -0.4 is 5.32 Å². The first-order valence-corrected chi connectivity index (χ1v) is 6.47. The van der Waals surface area contributed by atoms with Crippen molar-refractivity contribution >= 4 is 11.7 Å². The zero-order valence-corrected chi connectivity index (χ0v) is 12.0. The average Bonchev–Trinajstić information content (AvgIpc) is 2.42. The molecule has 0 fully saturated rings. The van der Waals surface area contributed by atoms with Gasteiger partial charge >= 0.3 is 5.97 Å². The Morgan fingerprint density at radius 2 is 2.15 bits per heavy atom. The summed E-state index contributed by atoms with van der Waals surface area (Å²) in [7, 11) is 1.61. The number of ether oxygens (including phenoxy) is 2. The molecule has 1 heterocycles. The summed E-state index contributed by atoms with van der Waals surface area (Å²) in [5.41, 5.74) is 0.387. The van der Waals surface area contributed by atoms with E-state index in [9.17, 15) is 4.79 Å². The van der Waals surface area contributed by atoms with Gasteiger partial charge in [0.1, 0.15) is 5.82 Å². The molecule has 1 rings (SSSR count). The second kappa shape index (κ2) is 8.44. The Morgan fingerprint density at radius 1 is 1.40 bits per heavy atom. The van der Waals surface area contributed by atoms with E-state index >= 15 is 0 Å². The van der Waals surface area contributed by atoms with E-state index in [0.717, 1.165) is 0 Å². The Labute approximate surface area is 118 Å². The topological polar surface area (TPSA) is 93.6 Å². The molecule has 0 unspecified atom stereocenters. The van der Waals surface area contributed by atoms with Gasteiger partial charge in [0.15, 0.2) is 5.69 Å². The normalized spacial score (nSPS) is 10.8. The maximum Gasteiger partial charge on any atom is 0.356 e. The standard InChI is InChI=1S/C13H21N3O4/c1-9(2)12-15-8-10(11(16-12)13(17)18)14-4-5-20-7-6-19-3/h8-9,14H,4-7H2,1-3H3,(H,17,18). The highest BCUT2D eigenvalue weighted by molar-refractivity contribution is 5.91. The third kappa shape index (κ3) is 5.10. The van der Waals surface area contributed by atoms with Crippen LogP contribution in [0.3, 0.4) is 0 Å². The fourth-order valence-electron chi connectivity index (χ4n) is 1.47. The lowest BCUT2D eigenvalue weighted by molar-refractivity contribution is 0.0690. The number of hydrogen-bond donors (Lipinski definition) is 2. The highest BCUT2D eigenvalue weighted by Gasteiger charge is 2.15. The van der Waals surface area contributed by atoms with E-state index in [-0.39, 0.29) is 11.6 Å². The van der Waals surface area contributed by atoms with Crippen molar-refractivity contribution in [3.63, 3.8) is 0 Å². The number of carbonyl (C=O) groups is 1. The van der Waals surface area contributed by atoms with Gasteiger partial charge in [-0.3, -0.25) is 0 Å². The van der Waals surface area contributed by atoms with Gasteiger partial charge in [0.05, 0.1) is 31.7 Å². The highest BCUT2D eigenvalue weighted by Crippen LogP contribution is 2.16. The predicted octanol–water partition coefficient (Wildman–Crippen LogP) is 1.37. The van der Waals surface area contributed by atoms with E-state index in [0.29, 0.717) is 37.9 Å². The van der Waals surface area contributed by atoms with Crippen molar-refractivity contribution in [2.75, 3.05) is 38.8 Å². The number of aromatic nitrogens is 2. The lowest BCUT2D eigenvalue weighted by Gasteiger charge is -2.11. The fraction of sp³-hybridized carbons (Fsp3) is 0.615. The Balaban J connectivity index is 2.58. The van der Waals surface area contributed by atoms with Crippen LogP contribution in [0.1, 0.15) is 36.1 Å². The summed E-state index contributed by atoms with van der Waals surface area (Å²) in [6, 6.07) is 0. The number of nitrogens with zero attached hydrogens (tertiary/aromatic N) is 2. The van der Waals surface area contributed by atoms with Crippen molar-refractivity contribution in [3.05, 3.63) is 17.7 Å². The van der Waals surface area contributed by atoms with E-state index < -0.39 is 5.97 Å². The number of carboxylic acid groups (broad SMARTS) is 1. The molecule has 0 spiro atoms. The van der Waals surface area contributed by atoms with Gasteiger partial charge < -0.3 is 19.9 Å². The van der Waals surface area contributed by atoms with Gasteiger partial charge in [0, 0.05) is 19.6 Å². The molecule has 7 nitrogen and oxygen atoms in total. The van der Waals surface area contributed by atoms with Crippen LogP contribution >= 0.6 is 0 Å². The molecule has 0 amide bonds. The van der Waals surface area contributed by atoms with E-state index in [2.05, 4.69) is 15.3 Å². The molecule has 0 atom stereocenters. The lowest BCUT2D eigenvalue weighted by atomic mass is 10.2. The minimum atomic E-state index is -1.07. The van der Waals surface area contributed by atoms with Crippen LogP contribution in [-0.2, 0) is 9.47 Å². The second-order valence-electron chi connectivity index (χ2n) is 4.48. The van der Waals surface area contributed by atoms with E-state index in [1.165, 1.54) is 6.20 Å². The van der Waals surface area contributed by atoms with Gasteiger partial charge in [0.25, 0.3) is 0 Å². The van der Waals surface area contributed by atoms with Crippen molar-refractivity contribution in [3.8, 4) is 0 Å². The summed E-state index contributed by atoms with van der Waals surface area (Å²) < 4.78 is 10.1. The molecule has 1 aromatic heterocycles. The van der Waals surface area contributed by atoms with Gasteiger partial charge in [-0.1, -0.05) is 13.8 Å². The minimum absolute atomic E-state index is 0.0133. The smallest absolute Gasteiger partial charge is 0.356 e. The molecule has 20 heavy (non-hydrogen) atoms. The van der Waals surface area contributed by atoms with Gasteiger partial charge in [-0.15, -0.1) is 0 Å². The molecule has 0 aliphatic heterocycles. The quantitative estimate of drug-likeness (QED) is 0.661. The van der Waals surface area contributed by atoms with Crippen molar-refractivity contribution in [2.45, 2.75) is 19.8 Å². The third-order valence-electron chi connectivity index (χ3n) is 2.52. The summed E-state index contributed by atoms with van der Waals surface area (Å²) in [4.78, 5) is 19.4. The Kier molecular flexibility index (Phi) is 6.89. The van der Waals surface area contributed by atoms with Crippen LogP contribution in [0.25, 0.3) is 0 Å². The van der Waals surface area contributed by atoms with Crippen LogP contribution in [0.15, 0.2) is 6.20 Å². The van der Waals surface area contributed by atoms with Gasteiger partial charge in [0.2, 0.25) is 0 Å². The first-order valence-electron chi connectivity index (χ1n) is 6.47.